The molecule has 300 valence electrons. The standard InChI is InChI=1S/C44H53ClFN3O7/c1-44(2,3)28-49-35-19-18-31(45)25-33(35)41(56-39(43(49)51)26-40(50)48-27-30-13-7-8-15-34(30)46)32-14-9-16-37(42(32)54-6)55-23-11-22-47-21-10-12-29-17-20-36(52-4)38(24-29)53-5/h7-9,13-20,24-25,39,41,47H,10-12,21-23,26-28H2,1-6H3,(H,48,50)/t39-,41-/m0/s1. The summed E-state index contributed by atoms with van der Waals surface area (Å²) in [6.07, 6.45) is 0.302. The third kappa shape index (κ3) is 11.1. The molecule has 0 radical (unpaired) electrons. The van der Waals surface area contributed by atoms with Crippen molar-refractivity contribution in [2.75, 3.05) is 52.5 Å². The molecule has 12 heteroatoms. The van der Waals surface area contributed by atoms with E-state index in [1.54, 1.807) is 56.6 Å². The van der Waals surface area contributed by atoms with Gasteiger partial charge in [-0.2, -0.15) is 0 Å². The number of ether oxygens (including phenoxy) is 5. The van der Waals surface area contributed by atoms with E-state index >= 15 is 0 Å². The minimum absolute atomic E-state index is 0.0283. The maximum absolute atomic E-state index is 14.4. The summed E-state index contributed by atoms with van der Waals surface area (Å²) >= 11 is 6.60. The molecule has 2 N–H and O–H groups in total. The van der Waals surface area contributed by atoms with Crippen molar-refractivity contribution in [3.8, 4) is 23.0 Å². The molecule has 4 aromatic rings. The van der Waals surface area contributed by atoms with E-state index < -0.39 is 23.9 Å². The van der Waals surface area contributed by atoms with Gasteiger partial charge in [0.2, 0.25) is 5.91 Å². The number of carbonyl (C=O) groups is 2. The number of methoxy groups -OCH3 is 3. The van der Waals surface area contributed by atoms with Crippen LogP contribution in [0.5, 0.6) is 23.0 Å². The highest BCUT2D eigenvalue weighted by atomic mass is 35.5. The molecule has 1 heterocycles. The lowest BCUT2D eigenvalue weighted by Crippen LogP contribution is -2.45. The Morgan fingerprint density at radius 2 is 1.64 bits per heavy atom. The summed E-state index contributed by atoms with van der Waals surface area (Å²) in [6, 6.07) is 23.1. The van der Waals surface area contributed by atoms with Crippen molar-refractivity contribution in [3.63, 3.8) is 0 Å². The summed E-state index contributed by atoms with van der Waals surface area (Å²) in [5, 5.41) is 6.71. The number of benzene rings is 4. The van der Waals surface area contributed by atoms with E-state index in [1.807, 2.05) is 57.2 Å². The number of hydrogen-bond donors (Lipinski definition) is 2. The van der Waals surface area contributed by atoms with Crippen LogP contribution in [0.3, 0.4) is 0 Å². The molecule has 5 rings (SSSR count). The van der Waals surface area contributed by atoms with Crippen LogP contribution in [0, 0.1) is 11.2 Å². The highest BCUT2D eigenvalue weighted by Crippen LogP contribution is 2.45. The van der Waals surface area contributed by atoms with Crippen LogP contribution in [0.2, 0.25) is 5.02 Å². The fourth-order valence-electron chi connectivity index (χ4n) is 6.69. The first-order valence-corrected chi connectivity index (χ1v) is 19.3. The van der Waals surface area contributed by atoms with Gasteiger partial charge in [-0.25, -0.2) is 4.39 Å². The number of nitrogens with zero attached hydrogens (tertiary/aromatic N) is 1. The highest BCUT2D eigenvalue weighted by Gasteiger charge is 2.40. The predicted octanol–water partition coefficient (Wildman–Crippen LogP) is 8.07. The van der Waals surface area contributed by atoms with E-state index in [9.17, 15) is 14.0 Å². The summed E-state index contributed by atoms with van der Waals surface area (Å²) < 4.78 is 44.0. The van der Waals surface area contributed by atoms with Gasteiger partial charge in [0.15, 0.2) is 23.0 Å². The van der Waals surface area contributed by atoms with Crippen molar-refractivity contribution >= 4 is 29.1 Å². The number of hydrogen-bond acceptors (Lipinski definition) is 8. The fourth-order valence-corrected chi connectivity index (χ4v) is 6.87. The third-order valence-corrected chi connectivity index (χ3v) is 9.60. The van der Waals surface area contributed by atoms with Gasteiger partial charge in [-0.3, -0.25) is 9.59 Å². The summed E-state index contributed by atoms with van der Waals surface area (Å²) in [4.78, 5) is 29.4. The molecule has 10 nitrogen and oxygen atoms in total. The second kappa shape index (κ2) is 19.8. The smallest absolute Gasteiger partial charge is 0.256 e. The third-order valence-electron chi connectivity index (χ3n) is 9.36. The molecule has 0 saturated carbocycles. The van der Waals surface area contributed by atoms with Crippen molar-refractivity contribution in [3.05, 3.63) is 112 Å². The topological polar surface area (TPSA) is 108 Å². The normalized spacial score (nSPS) is 15.5. The lowest BCUT2D eigenvalue weighted by molar-refractivity contribution is -0.138. The zero-order valence-corrected chi connectivity index (χ0v) is 33.8. The van der Waals surface area contributed by atoms with Crippen LogP contribution in [-0.4, -0.2) is 65.5 Å². The van der Waals surface area contributed by atoms with Crippen molar-refractivity contribution in [1.29, 1.82) is 0 Å². The van der Waals surface area contributed by atoms with E-state index in [1.165, 1.54) is 11.6 Å². The molecule has 0 bridgehead atoms. The number of carbonyl (C=O) groups excluding carboxylic acids is 2. The lowest BCUT2D eigenvalue weighted by atomic mass is 9.94. The molecule has 0 unspecified atom stereocenters. The number of amides is 2. The average Bonchev–Trinajstić information content (AvgIpc) is 3.28. The first-order chi connectivity index (χ1) is 26.9. The molecule has 0 fully saturated rings. The molecule has 2 amide bonds. The van der Waals surface area contributed by atoms with Gasteiger partial charge in [-0.1, -0.05) is 68.8 Å². The van der Waals surface area contributed by atoms with Crippen LogP contribution in [0.25, 0.3) is 0 Å². The number of halogens is 2. The second-order valence-corrected chi connectivity index (χ2v) is 15.3. The summed E-state index contributed by atoms with van der Waals surface area (Å²) in [5.41, 5.74) is 3.12. The largest absolute Gasteiger partial charge is 0.493 e. The molecule has 4 aromatic carbocycles. The first kappa shape index (κ1) is 42.3. The van der Waals surface area contributed by atoms with Gasteiger partial charge >= 0.3 is 0 Å². The predicted molar refractivity (Wildman–Crippen MR) is 217 cm³/mol. The Morgan fingerprint density at radius 1 is 0.875 bits per heavy atom. The van der Waals surface area contributed by atoms with E-state index in [4.69, 9.17) is 35.3 Å². The number of fused-ring (bicyclic) bond motifs is 1. The van der Waals surface area contributed by atoms with Crippen LogP contribution >= 0.6 is 11.6 Å². The summed E-state index contributed by atoms with van der Waals surface area (Å²) in [6.45, 7) is 8.48. The zero-order valence-electron chi connectivity index (χ0n) is 33.1. The van der Waals surface area contributed by atoms with Crippen LogP contribution in [-0.2, 0) is 27.3 Å². The second-order valence-electron chi connectivity index (χ2n) is 14.9. The molecular formula is C44H53ClFN3O7. The van der Waals surface area contributed by atoms with Gasteiger partial charge in [-0.05, 0) is 85.8 Å². The van der Waals surface area contributed by atoms with Crippen LogP contribution in [0.1, 0.15) is 68.4 Å². The molecule has 1 aliphatic rings. The van der Waals surface area contributed by atoms with Gasteiger partial charge in [0, 0.05) is 40.5 Å². The highest BCUT2D eigenvalue weighted by molar-refractivity contribution is 6.30. The van der Waals surface area contributed by atoms with Crippen LogP contribution < -0.4 is 34.5 Å². The molecule has 0 aliphatic carbocycles. The molecule has 0 saturated heterocycles. The molecular weight excluding hydrogens is 737 g/mol. The minimum Gasteiger partial charge on any atom is -0.493 e. The van der Waals surface area contributed by atoms with Crippen molar-refractivity contribution < 1.29 is 37.7 Å². The zero-order chi connectivity index (χ0) is 40.2. The molecule has 2 atom stereocenters. The van der Waals surface area contributed by atoms with Gasteiger partial charge in [0.05, 0.1) is 34.4 Å². The number of nitrogens with one attached hydrogen (secondary N) is 2. The molecule has 56 heavy (non-hydrogen) atoms. The van der Waals surface area contributed by atoms with Crippen LogP contribution in [0.15, 0.2) is 78.9 Å². The Balaban J connectivity index is 1.30. The number of anilines is 1. The van der Waals surface area contributed by atoms with Crippen molar-refractivity contribution in [2.24, 2.45) is 5.41 Å². The van der Waals surface area contributed by atoms with Crippen molar-refractivity contribution in [1.82, 2.24) is 10.6 Å². The SMILES string of the molecule is COc1ccc(CCCNCCCOc2cccc([C@@H]3O[C@@H](CC(=O)NCc4ccccc4F)C(=O)N(CC(C)(C)C)c4ccc(Cl)cc43)c2OC)cc1OC. The molecule has 1 aliphatic heterocycles. The molecule has 0 spiro atoms. The Morgan fingerprint density at radius 3 is 2.38 bits per heavy atom. The maximum atomic E-state index is 14.4. The number of para-hydroxylation sites is 1. The molecule has 0 aromatic heterocycles. The van der Waals surface area contributed by atoms with Gasteiger partial charge in [0.1, 0.15) is 18.0 Å². The van der Waals surface area contributed by atoms with E-state index in [-0.39, 0.29) is 24.3 Å². The Bertz CT molecular complexity index is 1950. The van der Waals surface area contributed by atoms with Gasteiger partial charge < -0.3 is 39.2 Å². The Hall–Kier alpha value is -4.84. The maximum Gasteiger partial charge on any atom is 0.256 e. The van der Waals surface area contributed by atoms with Crippen LogP contribution in [0.4, 0.5) is 10.1 Å². The average molecular weight is 790 g/mol. The van der Waals surface area contributed by atoms with Gasteiger partial charge in [0.25, 0.3) is 5.91 Å². The summed E-state index contributed by atoms with van der Waals surface area (Å²) in [5.74, 6) is 1.17. The van der Waals surface area contributed by atoms with Gasteiger partial charge in [-0.15, -0.1) is 0 Å². The quantitative estimate of drug-likeness (QED) is 0.0976. The lowest BCUT2D eigenvalue weighted by Gasteiger charge is -2.31. The number of rotatable bonds is 18. The minimum atomic E-state index is -1.18. The van der Waals surface area contributed by atoms with E-state index in [0.717, 1.165) is 38.1 Å². The Labute approximate surface area is 334 Å². The van der Waals surface area contributed by atoms with E-state index in [0.29, 0.717) is 57.8 Å². The monoisotopic (exact) mass is 789 g/mol. The Kier molecular flexibility index (Phi) is 15.0. The number of aryl methyl sites for hydroxylation is 1. The van der Waals surface area contributed by atoms with Crippen molar-refractivity contribution in [2.45, 2.75) is 65.2 Å². The fraction of sp³-hybridized carbons (Fsp3) is 0.409. The first-order valence-electron chi connectivity index (χ1n) is 18.9. The van der Waals surface area contributed by atoms with E-state index in [2.05, 4.69) is 16.7 Å². The summed E-state index contributed by atoms with van der Waals surface area (Å²) in [7, 11) is 4.83.